The molecule has 0 aliphatic heterocycles. The van der Waals surface area contributed by atoms with Crippen LogP contribution in [-0.2, 0) is 12.8 Å². The van der Waals surface area contributed by atoms with Gasteiger partial charge in [-0.05, 0) is 65.9 Å². The summed E-state index contributed by atoms with van der Waals surface area (Å²) in [6.45, 7) is 14.0. The van der Waals surface area contributed by atoms with Crippen LogP contribution in [0.1, 0.15) is 52.7 Å². The van der Waals surface area contributed by atoms with Gasteiger partial charge in [-0.1, -0.05) is 117 Å². The second kappa shape index (κ2) is 8.71. The maximum atomic E-state index is 2.59. The zero-order chi connectivity index (χ0) is 22.9. The molecule has 0 spiro atoms. The van der Waals surface area contributed by atoms with Crippen molar-refractivity contribution in [2.45, 2.75) is 59.4 Å². The van der Waals surface area contributed by atoms with E-state index in [0.29, 0.717) is 0 Å². The third kappa shape index (κ3) is 3.35. The molecule has 1 unspecified atom stereocenters. The summed E-state index contributed by atoms with van der Waals surface area (Å²) in [7, 11) is -2.49. The molecule has 1 heteroatoms. The molecule has 3 aromatic rings. The van der Waals surface area contributed by atoms with Gasteiger partial charge in [0.15, 0.2) is 8.07 Å². The number of benzene rings is 3. The Hall–Kier alpha value is -2.64. The summed E-state index contributed by atoms with van der Waals surface area (Å²) >= 11 is 0. The molecule has 0 fully saturated rings. The largest absolute Gasteiger partial charge is 0.161 e. The third-order valence-electron chi connectivity index (χ3n) is 7.93. The molecular formula is C31H36Si. The van der Waals surface area contributed by atoms with Crippen LogP contribution in [-0.4, -0.2) is 8.07 Å². The van der Waals surface area contributed by atoms with E-state index in [4.69, 9.17) is 0 Å². The first kappa shape index (κ1) is 22.5. The van der Waals surface area contributed by atoms with Crippen LogP contribution in [0.3, 0.4) is 0 Å². The monoisotopic (exact) mass is 436 g/mol. The van der Waals surface area contributed by atoms with Crippen LogP contribution in [0.5, 0.6) is 0 Å². The van der Waals surface area contributed by atoms with Crippen molar-refractivity contribution in [3.63, 3.8) is 0 Å². The van der Waals surface area contributed by atoms with E-state index in [9.17, 15) is 0 Å². The third-order valence-corrected chi connectivity index (χ3v) is 13.6. The predicted octanol–water partition coefficient (Wildman–Crippen LogP) is 6.34. The van der Waals surface area contributed by atoms with Gasteiger partial charge in [0, 0.05) is 5.04 Å². The van der Waals surface area contributed by atoms with Crippen LogP contribution < -0.4 is 15.6 Å². The Morgan fingerprint density at radius 1 is 0.656 bits per heavy atom. The van der Waals surface area contributed by atoms with E-state index >= 15 is 0 Å². The first-order chi connectivity index (χ1) is 15.4. The zero-order valence-corrected chi connectivity index (χ0v) is 21.5. The maximum absolute atomic E-state index is 2.59. The standard InChI is InChI=1S/C31H36Si/c1-7-26-19-27(8-2)21-30(20-26)32(28-15-11-9-12-16-28,29-17-13-10-14-18-29)31(6)22-23(3)24(4)25(31)5/h9-22H,7-8H2,1-6H3. The van der Waals surface area contributed by atoms with E-state index < -0.39 is 8.07 Å². The summed E-state index contributed by atoms with van der Waals surface area (Å²) in [5.74, 6) is 0. The van der Waals surface area contributed by atoms with Crippen LogP contribution >= 0.6 is 0 Å². The lowest BCUT2D eigenvalue weighted by atomic mass is 10.0. The number of hydrogen-bond acceptors (Lipinski definition) is 0. The molecule has 1 aliphatic carbocycles. The van der Waals surface area contributed by atoms with Crippen LogP contribution in [0.15, 0.2) is 102 Å². The molecule has 0 radical (unpaired) electrons. The predicted molar refractivity (Wildman–Crippen MR) is 143 cm³/mol. The highest BCUT2D eigenvalue weighted by molar-refractivity contribution is 7.14. The summed E-state index contributed by atoms with van der Waals surface area (Å²) in [6.07, 6.45) is 4.72. The Kier molecular flexibility index (Phi) is 6.14. The molecule has 3 aromatic carbocycles. The minimum Gasteiger partial charge on any atom is -0.0730 e. The molecule has 0 aromatic heterocycles. The van der Waals surface area contributed by atoms with Crippen molar-refractivity contribution < 1.29 is 0 Å². The Labute approximate surface area is 195 Å². The van der Waals surface area contributed by atoms with Crippen molar-refractivity contribution >= 4 is 23.6 Å². The Balaban J connectivity index is 2.22. The summed E-state index contributed by atoms with van der Waals surface area (Å²) in [4.78, 5) is 0. The number of rotatable bonds is 6. The van der Waals surface area contributed by atoms with Gasteiger partial charge in [-0.25, -0.2) is 0 Å². The average Bonchev–Trinajstić information content (AvgIpc) is 3.03. The molecule has 0 N–H and O–H groups in total. The van der Waals surface area contributed by atoms with Gasteiger partial charge in [0.05, 0.1) is 0 Å². The topological polar surface area (TPSA) is 0 Å². The molecule has 4 rings (SSSR count). The Bertz CT molecular complexity index is 1110. The molecule has 0 saturated heterocycles. The van der Waals surface area contributed by atoms with Crippen molar-refractivity contribution in [2.24, 2.45) is 0 Å². The highest BCUT2D eigenvalue weighted by Gasteiger charge is 2.55. The molecule has 1 atom stereocenters. The van der Waals surface area contributed by atoms with Crippen molar-refractivity contribution in [2.75, 3.05) is 0 Å². The van der Waals surface area contributed by atoms with Crippen LogP contribution in [0.2, 0.25) is 5.04 Å². The molecular weight excluding hydrogens is 400 g/mol. The van der Waals surface area contributed by atoms with Crippen LogP contribution in [0.25, 0.3) is 0 Å². The quantitative estimate of drug-likeness (QED) is 0.312. The van der Waals surface area contributed by atoms with Gasteiger partial charge in [-0.15, -0.1) is 0 Å². The van der Waals surface area contributed by atoms with Crippen molar-refractivity contribution in [1.29, 1.82) is 0 Å². The molecule has 0 bridgehead atoms. The van der Waals surface area contributed by atoms with Gasteiger partial charge in [0.25, 0.3) is 0 Å². The molecule has 0 amide bonds. The summed E-state index contributed by atoms with van der Waals surface area (Å²) in [6, 6.07) is 30.2. The van der Waals surface area contributed by atoms with Gasteiger partial charge in [-0.2, -0.15) is 0 Å². The van der Waals surface area contributed by atoms with Crippen molar-refractivity contribution in [3.05, 3.63) is 113 Å². The molecule has 1 aliphatic rings. The number of allylic oxidation sites excluding steroid dienone is 4. The minimum atomic E-state index is -2.49. The highest BCUT2D eigenvalue weighted by atomic mass is 28.3. The van der Waals surface area contributed by atoms with Gasteiger partial charge in [0.2, 0.25) is 0 Å². The first-order valence-corrected chi connectivity index (χ1v) is 14.0. The fraction of sp³-hybridized carbons (Fsp3) is 0.290. The lowest BCUT2D eigenvalue weighted by molar-refractivity contribution is 0.870. The van der Waals surface area contributed by atoms with Gasteiger partial charge in [0.1, 0.15) is 0 Å². The molecule has 0 nitrogen and oxygen atoms in total. The molecule has 0 saturated carbocycles. The number of hydrogen-bond donors (Lipinski definition) is 0. The van der Waals surface area contributed by atoms with Crippen LogP contribution in [0, 0.1) is 0 Å². The van der Waals surface area contributed by atoms with E-state index in [1.54, 1.807) is 0 Å². The summed E-state index contributed by atoms with van der Waals surface area (Å²) < 4.78 is 0. The van der Waals surface area contributed by atoms with Gasteiger partial charge < -0.3 is 0 Å². The van der Waals surface area contributed by atoms with Gasteiger partial charge >= 0.3 is 0 Å². The Morgan fingerprint density at radius 3 is 1.50 bits per heavy atom. The van der Waals surface area contributed by atoms with Crippen LogP contribution in [0.4, 0.5) is 0 Å². The second-order valence-electron chi connectivity index (χ2n) is 9.51. The molecule has 0 heterocycles. The zero-order valence-electron chi connectivity index (χ0n) is 20.5. The van der Waals surface area contributed by atoms with Crippen molar-refractivity contribution in [1.82, 2.24) is 0 Å². The fourth-order valence-electron chi connectivity index (χ4n) is 5.89. The minimum absolute atomic E-state index is 0.0404. The fourth-order valence-corrected chi connectivity index (χ4v) is 12.1. The van der Waals surface area contributed by atoms with E-state index in [1.165, 1.54) is 43.4 Å². The number of aryl methyl sites for hydroxylation is 2. The lowest BCUT2D eigenvalue weighted by Gasteiger charge is -2.47. The van der Waals surface area contributed by atoms with E-state index in [1.807, 2.05) is 0 Å². The van der Waals surface area contributed by atoms with E-state index in [0.717, 1.165) is 12.8 Å². The van der Waals surface area contributed by atoms with E-state index in [2.05, 4.69) is 126 Å². The lowest BCUT2D eigenvalue weighted by Crippen LogP contribution is -2.73. The van der Waals surface area contributed by atoms with Crippen molar-refractivity contribution in [3.8, 4) is 0 Å². The average molecular weight is 437 g/mol. The normalized spacial score (nSPS) is 18.8. The first-order valence-electron chi connectivity index (χ1n) is 12.0. The Morgan fingerprint density at radius 2 is 1.12 bits per heavy atom. The second-order valence-corrected chi connectivity index (χ2v) is 13.8. The molecule has 164 valence electrons. The smallest absolute Gasteiger partial charge is 0.0730 e. The summed E-state index contributed by atoms with van der Waals surface area (Å²) in [5, 5.41) is 4.47. The van der Waals surface area contributed by atoms with E-state index in [-0.39, 0.29) is 5.04 Å². The maximum Gasteiger partial charge on any atom is 0.161 e. The van der Waals surface area contributed by atoms with Gasteiger partial charge in [-0.3, -0.25) is 0 Å². The molecule has 32 heavy (non-hydrogen) atoms. The summed E-state index contributed by atoms with van der Waals surface area (Å²) in [5.41, 5.74) is 7.30. The SMILES string of the molecule is CCc1cc(CC)cc([Si](c2ccccc2)(c2ccccc2)C2(C)C=C(C)C(C)=C2C)c1. The highest BCUT2D eigenvalue weighted by Crippen LogP contribution is 2.52.